The number of rotatable bonds is 6. The van der Waals surface area contributed by atoms with Crippen LogP contribution in [0.1, 0.15) is 16.7 Å². The van der Waals surface area contributed by atoms with Gasteiger partial charge in [0, 0.05) is 11.4 Å². The van der Waals surface area contributed by atoms with Crippen molar-refractivity contribution >= 4 is 17.6 Å². The Morgan fingerprint density at radius 3 is 2.39 bits per heavy atom. The maximum absolute atomic E-state index is 11.6. The Labute approximate surface area is 140 Å². The van der Waals surface area contributed by atoms with Gasteiger partial charge in [-0.15, -0.1) is 0 Å². The highest BCUT2D eigenvalue weighted by molar-refractivity contribution is 6.30. The van der Waals surface area contributed by atoms with Gasteiger partial charge in [0.1, 0.15) is 11.5 Å². The van der Waals surface area contributed by atoms with Crippen molar-refractivity contribution in [3.05, 3.63) is 58.1 Å². The number of carbonyl (C=O) groups is 1. The number of hydrogen-bond donors (Lipinski definition) is 1. The number of hydrogen-bond acceptors (Lipinski definition) is 3. The zero-order chi connectivity index (χ0) is 17.0. The second kappa shape index (κ2) is 7.38. The number of carboxylic acid groups (broad SMARTS) is 1. The summed E-state index contributed by atoms with van der Waals surface area (Å²) in [6.07, 6.45) is -0.866. The summed E-state index contributed by atoms with van der Waals surface area (Å²) >= 11 is 5.99. The molecule has 1 N–H and O–H groups in total. The van der Waals surface area contributed by atoms with Gasteiger partial charge in [-0.2, -0.15) is 0 Å². The summed E-state index contributed by atoms with van der Waals surface area (Å²) in [6, 6.07) is 10.7. The van der Waals surface area contributed by atoms with Crippen molar-refractivity contribution in [2.75, 3.05) is 7.11 Å². The van der Waals surface area contributed by atoms with Crippen LogP contribution < -0.4 is 9.47 Å². The summed E-state index contributed by atoms with van der Waals surface area (Å²) in [5, 5.41) is 9.99. The fourth-order valence-electron chi connectivity index (χ4n) is 2.45. The van der Waals surface area contributed by atoms with Gasteiger partial charge in [-0.25, -0.2) is 4.79 Å². The molecule has 0 aromatic heterocycles. The predicted molar refractivity (Wildman–Crippen MR) is 89.7 cm³/mol. The zero-order valence-corrected chi connectivity index (χ0v) is 14.1. The lowest BCUT2D eigenvalue weighted by Gasteiger charge is -2.17. The van der Waals surface area contributed by atoms with Gasteiger partial charge >= 0.3 is 5.97 Å². The van der Waals surface area contributed by atoms with E-state index in [9.17, 15) is 9.90 Å². The quantitative estimate of drug-likeness (QED) is 0.866. The number of aryl methyl sites for hydroxylation is 2. The van der Waals surface area contributed by atoms with Gasteiger partial charge in [0.2, 0.25) is 0 Å². The van der Waals surface area contributed by atoms with E-state index < -0.39 is 12.1 Å². The largest absolute Gasteiger partial charge is 0.496 e. The molecule has 0 bridgehead atoms. The van der Waals surface area contributed by atoms with Crippen LogP contribution >= 0.6 is 11.6 Å². The van der Waals surface area contributed by atoms with Gasteiger partial charge in [-0.05, 0) is 60.9 Å². The van der Waals surface area contributed by atoms with E-state index in [2.05, 4.69) is 0 Å². The third kappa shape index (κ3) is 4.63. The van der Waals surface area contributed by atoms with E-state index >= 15 is 0 Å². The molecule has 0 radical (unpaired) electrons. The van der Waals surface area contributed by atoms with Crippen LogP contribution in [0.25, 0.3) is 0 Å². The second-order valence-corrected chi connectivity index (χ2v) is 5.86. The number of methoxy groups -OCH3 is 1. The second-order valence-electron chi connectivity index (χ2n) is 5.43. The highest BCUT2D eigenvalue weighted by atomic mass is 35.5. The number of carboxylic acids is 1. The predicted octanol–water partition coefficient (Wildman–Crippen LogP) is 4.04. The van der Waals surface area contributed by atoms with E-state index in [1.165, 1.54) is 7.11 Å². The average Bonchev–Trinajstić information content (AvgIpc) is 2.45. The molecular formula is C18H19ClO4. The lowest BCUT2D eigenvalue weighted by Crippen LogP contribution is -2.29. The monoisotopic (exact) mass is 334 g/mol. The van der Waals surface area contributed by atoms with E-state index in [4.69, 9.17) is 21.1 Å². The molecule has 0 aliphatic carbocycles. The molecule has 0 aliphatic rings. The number of aliphatic carboxylic acids is 1. The maximum Gasteiger partial charge on any atom is 0.345 e. The molecule has 4 nitrogen and oxygen atoms in total. The Hall–Kier alpha value is -2.20. The first-order valence-corrected chi connectivity index (χ1v) is 7.57. The SMILES string of the molecule is COc1ccc(Cl)cc1CC(Oc1cc(C)cc(C)c1)C(=O)O. The fourth-order valence-corrected chi connectivity index (χ4v) is 2.65. The summed E-state index contributed by atoms with van der Waals surface area (Å²) in [5.74, 6) is 0.0896. The Bertz CT molecular complexity index is 692. The normalized spacial score (nSPS) is 11.8. The molecule has 2 aromatic carbocycles. The van der Waals surface area contributed by atoms with Crippen molar-refractivity contribution in [2.45, 2.75) is 26.4 Å². The molecule has 2 rings (SSSR count). The van der Waals surface area contributed by atoms with Crippen molar-refractivity contribution in [3.8, 4) is 11.5 Å². The number of benzene rings is 2. The fraction of sp³-hybridized carbons (Fsp3) is 0.278. The summed E-state index contributed by atoms with van der Waals surface area (Å²) in [6.45, 7) is 3.88. The zero-order valence-electron chi connectivity index (χ0n) is 13.3. The topological polar surface area (TPSA) is 55.8 Å². The third-order valence-corrected chi connectivity index (χ3v) is 3.63. The van der Waals surface area contributed by atoms with Crippen LogP contribution in [0.4, 0.5) is 0 Å². The van der Waals surface area contributed by atoms with E-state index in [0.29, 0.717) is 22.1 Å². The summed E-state index contributed by atoms with van der Waals surface area (Å²) in [7, 11) is 1.54. The summed E-state index contributed by atoms with van der Waals surface area (Å²) in [5.41, 5.74) is 2.73. The first kappa shape index (κ1) is 17.2. The van der Waals surface area contributed by atoms with Gasteiger partial charge < -0.3 is 14.6 Å². The van der Waals surface area contributed by atoms with Crippen LogP contribution in [0.3, 0.4) is 0 Å². The molecule has 5 heteroatoms. The van der Waals surface area contributed by atoms with Gasteiger partial charge in [0.25, 0.3) is 0 Å². The highest BCUT2D eigenvalue weighted by Crippen LogP contribution is 2.26. The molecule has 122 valence electrons. The molecule has 23 heavy (non-hydrogen) atoms. The molecule has 1 unspecified atom stereocenters. The first-order chi connectivity index (χ1) is 10.9. The Morgan fingerprint density at radius 1 is 1.17 bits per heavy atom. The average molecular weight is 335 g/mol. The Balaban J connectivity index is 2.26. The molecule has 0 amide bonds. The minimum absolute atomic E-state index is 0.159. The van der Waals surface area contributed by atoms with Gasteiger partial charge in [0.15, 0.2) is 6.10 Å². The van der Waals surface area contributed by atoms with Gasteiger partial charge in [0.05, 0.1) is 7.11 Å². The van der Waals surface area contributed by atoms with Crippen molar-refractivity contribution in [2.24, 2.45) is 0 Å². The highest BCUT2D eigenvalue weighted by Gasteiger charge is 2.22. The summed E-state index contributed by atoms with van der Waals surface area (Å²) < 4.78 is 10.9. The van der Waals surface area contributed by atoms with Crippen LogP contribution in [0.2, 0.25) is 5.02 Å². The maximum atomic E-state index is 11.6. The molecule has 0 aliphatic heterocycles. The van der Waals surface area contributed by atoms with Crippen LogP contribution in [-0.4, -0.2) is 24.3 Å². The van der Waals surface area contributed by atoms with Crippen molar-refractivity contribution in [3.63, 3.8) is 0 Å². The first-order valence-electron chi connectivity index (χ1n) is 7.19. The molecular weight excluding hydrogens is 316 g/mol. The van der Waals surface area contributed by atoms with Crippen LogP contribution in [0, 0.1) is 13.8 Å². The van der Waals surface area contributed by atoms with Crippen LogP contribution in [-0.2, 0) is 11.2 Å². The standard InChI is InChI=1S/C18H19ClO4/c1-11-6-12(2)8-15(7-11)23-17(18(20)21)10-13-9-14(19)4-5-16(13)22-3/h4-9,17H,10H2,1-3H3,(H,20,21). The number of ether oxygens (including phenoxy) is 2. The van der Waals surface area contributed by atoms with Crippen LogP contribution in [0.15, 0.2) is 36.4 Å². The molecule has 0 saturated heterocycles. The molecule has 0 saturated carbocycles. The molecule has 0 fully saturated rings. The Morgan fingerprint density at radius 2 is 1.83 bits per heavy atom. The minimum atomic E-state index is -1.04. The van der Waals surface area contributed by atoms with E-state index in [0.717, 1.165) is 11.1 Å². The molecule has 2 aromatic rings. The van der Waals surface area contributed by atoms with Crippen LogP contribution in [0.5, 0.6) is 11.5 Å². The lowest BCUT2D eigenvalue weighted by molar-refractivity contribution is -0.145. The minimum Gasteiger partial charge on any atom is -0.496 e. The molecule has 0 spiro atoms. The number of halogens is 1. The molecule has 1 atom stereocenters. The van der Waals surface area contributed by atoms with E-state index in [1.807, 2.05) is 32.0 Å². The van der Waals surface area contributed by atoms with E-state index in [-0.39, 0.29) is 6.42 Å². The van der Waals surface area contributed by atoms with Crippen molar-refractivity contribution < 1.29 is 19.4 Å². The third-order valence-electron chi connectivity index (χ3n) is 3.40. The molecule has 0 heterocycles. The lowest BCUT2D eigenvalue weighted by atomic mass is 10.1. The van der Waals surface area contributed by atoms with E-state index in [1.54, 1.807) is 18.2 Å². The van der Waals surface area contributed by atoms with Gasteiger partial charge in [-0.3, -0.25) is 0 Å². The summed E-state index contributed by atoms with van der Waals surface area (Å²) in [4.78, 5) is 11.6. The van der Waals surface area contributed by atoms with Crippen molar-refractivity contribution in [1.82, 2.24) is 0 Å². The van der Waals surface area contributed by atoms with Gasteiger partial charge in [-0.1, -0.05) is 17.7 Å². The smallest absolute Gasteiger partial charge is 0.345 e. The van der Waals surface area contributed by atoms with Crippen molar-refractivity contribution in [1.29, 1.82) is 0 Å². The Kier molecular flexibility index (Phi) is 5.50.